The van der Waals surface area contributed by atoms with Gasteiger partial charge in [-0.3, -0.25) is 4.68 Å². The van der Waals surface area contributed by atoms with Crippen LogP contribution >= 0.6 is 0 Å². The molecule has 1 aromatic heterocycles. The van der Waals surface area contributed by atoms with E-state index in [1.54, 1.807) is 0 Å². The second-order valence-corrected chi connectivity index (χ2v) is 5.52. The lowest BCUT2D eigenvalue weighted by molar-refractivity contribution is -0.109. The van der Waals surface area contributed by atoms with Gasteiger partial charge in [0, 0.05) is 57.9 Å². The van der Waals surface area contributed by atoms with Gasteiger partial charge in [-0.1, -0.05) is 0 Å². The smallest absolute Gasteiger partial charge is 0.0878 e. The van der Waals surface area contributed by atoms with E-state index >= 15 is 0 Å². The molecule has 0 amide bonds. The number of aryl methyl sites for hydroxylation is 2. The Morgan fingerprint density at radius 1 is 1.50 bits per heavy atom. The molecule has 0 aliphatic carbocycles. The number of likely N-dealkylation sites (N-methyl/N-ethyl adjacent to an activating group) is 1. The molecule has 1 N–H and O–H groups in total. The fourth-order valence-electron chi connectivity index (χ4n) is 3.21. The van der Waals surface area contributed by atoms with Gasteiger partial charge in [0.05, 0.1) is 11.3 Å². The summed E-state index contributed by atoms with van der Waals surface area (Å²) in [5, 5.41) is 7.98. The normalized spacial score (nSPS) is 20.0. The van der Waals surface area contributed by atoms with Crippen molar-refractivity contribution in [3.63, 3.8) is 0 Å². The molecule has 5 nitrogen and oxygen atoms in total. The number of nitrogens with zero attached hydrogens (tertiary/aromatic N) is 2. The third-order valence-corrected chi connectivity index (χ3v) is 4.43. The fraction of sp³-hybridized carbons (Fsp3) is 0.800. The number of aromatic nitrogens is 2. The summed E-state index contributed by atoms with van der Waals surface area (Å²) in [6, 6.07) is 2.45. The van der Waals surface area contributed by atoms with Gasteiger partial charge in [-0.25, -0.2) is 0 Å². The summed E-state index contributed by atoms with van der Waals surface area (Å²) in [7, 11) is 3.83. The number of rotatable bonds is 6. The van der Waals surface area contributed by atoms with Crippen LogP contribution < -0.4 is 5.32 Å². The lowest BCUT2D eigenvalue weighted by Crippen LogP contribution is -2.55. The molecule has 1 unspecified atom stereocenters. The van der Waals surface area contributed by atoms with Gasteiger partial charge >= 0.3 is 0 Å². The number of methoxy groups -OCH3 is 1. The lowest BCUT2D eigenvalue weighted by atomic mass is 9.83. The highest BCUT2D eigenvalue weighted by Gasteiger charge is 2.40. The van der Waals surface area contributed by atoms with Crippen LogP contribution in [0.2, 0.25) is 0 Å². The molecule has 114 valence electrons. The van der Waals surface area contributed by atoms with E-state index in [1.807, 2.05) is 21.1 Å². The molecule has 2 rings (SSSR count). The second kappa shape index (κ2) is 6.70. The first-order valence-electron chi connectivity index (χ1n) is 7.48. The minimum atomic E-state index is -0.135. The molecule has 1 aliphatic heterocycles. The van der Waals surface area contributed by atoms with Crippen LogP contribution in [0.3, 0.4) is 0 Å². The molecule has 0 saturated carbocycles. The highest BCUT2D eigenvalue weighted by atomic mass is 16.5. The Balaban J connectivity index is 2.18. The van der Waals surface area contributed by atoms with Gasteiger partial charge in [0.15, 0.2) is 0 Å². The predicted molar refractivity (Wildman–Crippen MR) is 79.0 cm³/mol. The maximum atomic E-state index is 5.91. The molecule has 0 bridgehead atoms. The first-order valence-corrected chi connectivity index (χ1v) is 7.48. The summed E-state index contributed by atoms with van der Waals surface area (Å²) in [6.45, 7) is 6.63. The molecule has 20 heavy (non-hydrogen) atoms. The van der Waals surface area contributed by atoms with Gasteiger partial charge in [0.1, 0.15) is 0 Å². The van der Waals surface area contributed by atoms with Gasteiger partial charge in [0.2, 0.25) is 0 Å². The zero-order valence-corrected chi connectivity index (χ0v) is 13.1. The van der Waals surface area contributed by atoms with Crippen molar-refractivity contribution in [2.45, 2.75) is 51.3 Å². The van der Waals surface area contributed by atoms with Crippen molar-refractivity contribution in [2.75, 3.05) is 27.4 Å². The van der Waals surface area contributed by atoms with Gasteiger partial charge in [0.25, 0.3) is 0 Å². The van der Waals surface area contributed by atoms with E-state index in [0.29, 0.717) is 0 Å². The summed E-state index contributed by atoms with van der Waals surface area (Å²) in [5.41, 5.74) is 2.21. The molecular weight excluding hydrogens is 254 g/mol. The number of nitrogens with one attached hydrogen (secondary N) is 1. The van der Waals surface area contributed by atoms with E-state index < -0.39 is 0 Å². The first-order chi connectivity index (χ1) is 9.65. The van der Waals surface area contributed by atoms with Crippen LogP contribution in [0, 0.1) is 6.92 Å². The highest BCUT2D eigenvalue weighted by Crippen LogP contribution is 2.30. The Morgan fingerprint density at radius 2 is 2.20 bits per heavy atom. The van der Waals surface area contributed by atoms with Crippen molar-refractivity contribution in [1.82, 2.24) is 15.1 Å². The monoisotopic (exact) mass is 281 g/mol. The summed E-state index contributed by atoms with van der Waals surface area (Å²) in [5.74, 6) is 0. The second-order valence-electron chi connectivity index (χ2n) is 5.52. The van der Waals surface area contributed by atoms with Gasteiger partial charge < -0.3 is 14.8 Å². The first kappa shape index (κ1) is 15.5. The molecule has 2 heterocycles. The molecule has 1 fully saturated rings. The van der Waals surface area contributed by atoms with E-state index in [2.05, 4.69) is 28.1 Å². The number of hydrogen-bond donors (Lipinski definition) is 1. The molecule has 1 atom stereocenters. The Labute approximate surface area is 121 Å². The van der Waals surface area contributed by atoms with Crippen molar-refractivity contribution in [1.29, 1.82) is 0 Å². The van der Waals surface area contributed by atoms with Crippen molar-refractivity contribution >= 4 is 0 Å². The lowest BCUT2D eigenvalue weighted by Gasteiger charge is -2.42. The third-order valence-electron chi connectivity index (χ3n) is 4.43. The Kier molecular flexibility index (Phi) is 5.18. The Morgan fingerprint density at radius 3 is 2.75 bits per heavy atom. The summed E-state index contributed by atoms with van der Waals surface area (Å²) >= 11 is 0. The summed E-state index contributed by atoms with van der Waals surface area (Å²) in [6.07, 6.45) is 2.81. The van der Waals surface area contributed by atoms with Crippen molar-refractivity contribution < 1.29 is 9.47 Å². The van der Waals surface area contributed by atoms with E-state index in [1.165, 1.54) is 5.69 Å². The van der Waals surface area contributed by atoms with Crippen LogP contribution in [-0.4, -0.2) is 48.8 Å². The average Bonchev–Trinajstić information content (AvgIpc) is 2.85. The quantitative estimate of drug-likeness (QED) is 0.859. The zero-order chi connectivity index (χ0) is 14.6. The van der Waals surface area contributed by atoms with Crippen molar-refractivity contribution in [2.24, 2.45) is 0 Å². The zero-order valence-electron chi connectivity index (χ0n) is 13.1. The largest absolute Gasteiger partial charge is 0.381 e. The maximum absolute atomic E-state index is 5.91. The Bertz CT molecular complexity index is 425. The van der Waals surface area contributed by atoms with Gasteiger partial charge in [-0.05, 0) is 27.0 Å². The fourth-order valence-corrected chi connectivity index (χ4v) is 3.21. The van der Waals surface area contributed by atoms with Crippen LogP contribution in [-0.2, 0) is 22.4 Å². The standard InChI is InChI=1S/C15H27N3O2/c1-5-18-13(10-12(2)17-18)11-14(16-3)15(19-4)6-8-20-9-7-15/h10,14,16H,5-9,11H2,1-4H3. The van der Waals surface area contributed by atoms with Crippen molar-refractivity contribution in [3.8, 4) is 0 Å². The molecular formula is C15H27N3O2. The maximum Gasteiger partial charge on any atom is 0.0878 e. The van der Waals surface area contributed by atoms with E-state index in [-0.39, 0.29) is 11.6 Å². The summed E-state index contributed by atoms with van der Waals surface area (Å²) in [4.78, 5) is 0. The van der Waals surface area contributed by atoms with E-state index in [9.17, 15) is 0 Å². The molecule has 1 saturated heterocycles. The van der Waals surface area contributed by atoms with Crippen molar-refractivity contribution in [3.05, 3.63) is 17.5 Å². The topological polar surface area (TPSA) is 48.3 Å². The van der Waals surface area contributed by atoms with Crippen LogP contribution in [0.5, 0.6) is 0 Å². The van der Waals surface area contributed by atoms with Crippen LogP contribution in [0.1, 0.15) is 31.2 Å². The number of ether oxygens (including phenoxy) is 2. The van der Waals surface area contributed by atoms with Gasteiger partial charge in [-0.2, -0.15) is 5.10 Å². The molecule has 1 aromatic rings. The molecule has 0 radical (unpaired) electrons. The predicted octanol–water partition coefficient (Wildman–Crippen LogP) is 1.54. The van der Waals surface area contributed by atoms with E-state index in [0.717, 1.165) is 44.7 Å². The minimum absolute atomic E-state index is 0.135. The summed E-state index contributed by atoms with van der Waals surface area (Å²) < 4.78 is 13.5. The Hall–Kier alpha value is -0.910. The molecule has 1 aliphatic rings. The van der Waals surface area contributed by atoms with Crippen LogP contribution in [0.4, 0.5) is 0 Å². The van der Waals surface area contributed by atoms with Gasteiger partial charge in [-0.15, -0.1) is 0 Å². The highest BCUT2D eigenvalue weighted by molar-refractivity contribution is 5.12. The molecule has 0 spiro atoms. The minimum Gasteiger partial charge on any atom is -0.381 e. The molecule has 5 heteroatoms. The van der Waals surface area contributed by atoms with Crippen LogP contribution in [0.15, 0.2) is 6.07 Å². The number of hydrogen-bond acceptors (Lipinski definition) is 4. The van der Waals surface area contributed by atoms with Crippen LogP contribution in [0.25, 0.3) is 0 Å². The average molecular weight is 281 g/mol. The third kappa shape index (κ3) is 3.05. The molecule has 0 aromatic carbocycles. The SMILES string of the molecule is CCn1nc(C)cc1CC(NC)C1(OC)CCOCC1. The van der Waals surface area contributed by atoms with E-state index in [4.69, 9.17) is 9.47 Å².